The predicted octanol–water partition coefficient (Wildman–Crippen LogP) is 5.29. The summed E-state index contributed by atoms with van der Waals surface area (Å²) in [6, 6.07) is 24.5. The summed E-state index contributed by atoms with van der Waals surface area (Å²) in [6.07, 6.45) is 2.08. The second kappa shape index (κ2) is 7.32. The summed E-state index contributed by atoms with van der Waals surface area (Å²) in [5, 5.41) is 0.736. The Labute approximate surface area is 158 Å². The van der Waals surface area contributed by atoms with Gasteiger partial charge < -0.3 is 4.40 Å². The van der Waals surface area contributed by atoms with Crippen LogP contribution in [0.1, 0.15) is 11.3 Å². The molecule has 0 aliphatic rings. The monoisotopic (exact) mass is 361 g/mol. The lowest BCUT2D eigenvalue weighted by atomic mass is 10.1. The van der Waals surface area contributed by atoms with E-state index >= 15 is 0 Å². The number of pyridine rings is 1. The van der Waals surface area contributed by atoms with Gasteiger partial charge in [0.15, 0.2) is 0 Å². The summed E-state index contributed by atoms with van der Waals surface area (Å²) in [5.74, 6) is 0. The number of hydrogen-bond donors (Lipinski definition) is 0. The molecule has 0 saturated carbocycles. The van der Waals surface area contributed by atoms with Crippen molar-refractivity contribution in [3.63, 3.8) is 0 Å². The molecule has 130 valence electrons. The molecule has 0 N–H and O–H groups in total. The van der Waals surface area contributed by atoms with Crippen molar-refractivity contribution in [2.75, 3.05) is 7.05 Å². The molecule has 0 unspecified atom stereocenters. The van der Waals surface area contributed by atoms with Crippen molar-refractivity contribution in [3.05, 3.63) is 95.3 Å². The number of fused-ring (bicyclic) bond motifs is 1. The summed E-state index contributed by atoms with van der Waals surface area (Å²) >= 11 is 6.06. The van der Waals surface area contributed by atoms with E-state index in [0.717, 1.165) is 35.0 Å². The van der Waals surface area contributed by atoms with E-state index in [1.807, 2.05) is 48.5 Å². The molecule has 26 heavy (non-hydrogen) atoms. The summed E-state index contributed by atoms with van der Waals surface area (Å²) in [5.41, 5.74) is 5.53. The molecule has 2 aromatic carbocycles. The highest BCUT2D eigenvalue weighted by Crippen LogP contribution is 2.27. The van der Waals surface area contributed by atoms with Crippen LogP contribution in [-0.2, 0) is 13.1 Å². The minimum absolute atomic E-state index is 0.736. The molecule has 4 rings (SSSR count). The second-order valence-corrected chi connectivity index (χ2v) is 6.94. The maximum atomic E-state index is 6.06. The van der Waals surface area contributed by atoms with Crippen LogP contribution in [0.4, 0.5) is 0 Å². The van der Waals surface area contributed by atoms with E-state index in [-0.39, 0.29) is 0 Å². The Kier molecular flexibility index (Phi) is 4.74. The molecule has 0 amide bonds. The highest BCUT2D eigenvalue weighted by atomic mass is 35.5. The van der Waals surface area contributed by atoms with Gasteiger partial charge in [-0.15, -0.1) is 0 Å². The first-order chi connectivity index (χ1) is 12.7. The topological polar surface area (TPSA) is 20.5 Å². The van der Waals surface area contributed by atoms with Crippen molar-refractivity contribution in [2.45, 2.75) is 13.1 Å². The fraction of sp³-hybridized carbons (Fsp3) is 0.136. The number of hydrogen-bond acceptors (Lipinski definition) is 2. The molecular formula is C22H20ClN3. The second-order valence-electron chi connectivity index (χ2n) is 6.50. The Morgan fingerprint density at radius 3 is 2.38 bits per heavy atom. The van der Waals surface area contributed by atoms with Gasteiger partial charge in [0.25, 0.3) is 0 Å². The molecule has 0 atom stereocenters. The fourth-order valence-electron chi connectivity index (χ4n) is 3.24. The molecule has 0 fully saturated rings. The zero-order valence-corrected chi connectivity index (χ0v) is 15.4. The Bertz CT molecular complexity index is 1010. The van der Waals surface area contributed by atoms with E-state index in [0.29, 0.717) is 0 Å². The molecule has 0 saturated heterocycles. The van der Waals surface area contributed by atoms with E-state index in [2.05, 4.69) is 46.8 Å². The molecular weight excluding hydrogens is 342 g/mol. The lowest BCUT2D eigenvalue weighted by Crippen LogP contribution is -2.18. The van der Waals surface area contributed by atoms with Gasteiger partial charge in [0.1, 0.15) is 5.65 Å². The lowest BCUT2D eigenvalue weighted by molar-refractivity contribution is 0.314. The van der Waals surface area contributed by atoms with Gasteiger partial charge in [-0.25, -0.2) is 4.98 Å². The van der Waals surface area contributed by atoms with Crippen LogP contribution in [0.25, 0.3) is 16.9 Å². The molecule has 3 nitrogen and oxygen atoms in total. The summed E-state index contributed by atoms with van der Waals surface area (Å²) in [4.78, 5) is 7.18. The number of nitrogens with zero attached hydrogens (tertiary/aromatic N) is 3. The number of halogens is 1. The summed E-state index contributed by atoms with van der Waals surface area (Å²) in [7, 11) is 2.14. The number of benzene rings is 2. The maximum Gasteiger partial charge on any atom is 0.137 e. The third kappa shape index (κ3) is 3.50. The Morgan fingerprint density at radius 2 is 1.62 bits per heavy atom. The van der Waals surface area contributed by atoms with E-state index in [9.17, 15) is 0 Å². The summed E-state index contributed by atoms with van der Waals surface area (Å²) < 4.78 is 2.17. The molecule has 0 aliphatic carbocycles. The molecule has 4 heteroatoms. The van der Waals surface area contributed by atoms with E-state index in [1.54, 1.807) is 0 Å². The molecule has 0 radical (unpaired) electrons. The van der Waals surface area contributed by atoms with Crippen LogP contribution in [-0.4, -0.2) is 21.3 Å². The highest BCUT2D eigenvalue weighted by molar-refractivity contribution is 6.30. The third-order valence-corrected chi connectivity index (χ3v) is 4.71. The van der Waals surface area contributed by atoms with Crippen LogP contribution < -0.4 is 0 Å². The van der Waals surface area contributed by atoms with E-state index in [4.69, 9.17) is 16.6 Å². The van der Waals surface area contributed by atoms with Gasteiger partial charge in [-0.1, -0.05) is 60.1 Å². The quantitative estimate of drug-likeness (QED) is 0.481. The maximum absolute atomic E-state index is 6.06. The van der Waals surface area contributed by atoms with Crippen LogP contribution in [0, 0.1) is 0 Å². The fourth-order valence-corrected chi connectivity index (χ4v) is 3.37. The van der Waals surface area contributed by atoms with Gasteiger partial charge in [0, 0.05) is 29.9 Å². The van der Waals surface area contributed by atoms with Crippen molar-refractivity contribution >= 4 is 17.2 Å². The first-order valence-electron chi connectivity index (χ1n) is 8.65. The first kappa shape index (κ1) is 16.8. The van der Waals surface area contributed by atoms with Crippen molar-refractivity contribution < 1.29 is 0 Å². The standard InChI is InChI=1S/C22H20ClN3/c1-25(15-17-7-3-2-4-8-17)16-20-22(18-10-12-19(23)13-11-18)24-21-9-5-6-14-26(20)21/h2-14H,15-16H2,1H3. The minimum atomic E-state index is 0.736. The molecule has 0 spiro atoms. The lowest BCUT2D eigenvalue weighted by Gasteiger charge is -2.17. The predicted molar refractivity (Wildman–Crippen MR) is 107 cm³/mol. The van der Waals surface area contributed by atoms with Crippen LogP contribution >= 0.6 is 11.6 Å². The molecule has 2 heterocycles. The van der Waals surface area contributed by atoms with Gasteiger partial charge in [-0.2, -0.15) is 0 Å². The number of imidazole rings is 1. The van der Waals surface area contributed by atoms with Crippen LogP contribution in [0.5, 0.6) is 0 Å². The van der Waals surface area contributed by atoms with Crippen LogP contribution in [0.3, 0.4) is 0 Å². The number of rotatable bonds is 5. The van der Waals surface area contributed by atoms with E-state index in [1.165, 1.54) is 11.3 Å². The van der Waals surface area contributed by atoms with Crippen LogP contribution in [0.2, 0.25) is 5.02 Å². The van der Waals surface area contributed by atoms with Gasteiger partial charge >= 0.3 is 0 Å². The smallest absolute Gasteiger partial charge is 0.137 e. The SMILES string of the molecule is CN(Cc1ccccc1)Cc1c(-c2ccc(Cl)cc2)nc2ccccn12. The Morgan fingerprint density at radius 1 is 0.885 bits per heavy atom. The van der Waals surface area contributed by atoms with Crippen molar-refractivity contribution in [3.8, 4) is 11.3 Å². The van der Waals surface area contributed by atoms with Crippen molar-refractivity contribution in [1.82, 2.24) is 14.3 Å². The normalized spacial score (nSPS) is 11.3. The van der Waals surface area contributed by atoms with Gasteiger partial charge in [-0.05, 0) is 36.9 Å². The summed E-state index contributed by atoms with van der Waals surface area (Å²) in [6.45, 7) is 1.69. The average molecular weight is 362 g/mol. The third-order valence-electron chi connectivity index (χ3n) is 4.46. The zero-order valence-electron chi connectivity index (χ0n) is 14.6. The van der Waals surface area contributed by atoms with E-state index < -0.39 is 0 Å². The van der Waals surface area contributed by atoms with Crippen molar-refractivity contribution in [2.24, 2.45) is 0 Å². The van der Waals surface area contributed by atoms with Gasteiger partial charge in [0.2, 0.25) is 0 Å². The average Bonchev–Trinajstić information content (AvgIpc) is 3.02. The Hall–Kier alpha value is -2.62. The van der Waals surface area contributed by atoms with Crippen LogP contribution in [0.15, 0.2) is 79.0 Å². The minimum Gasteiger partial charge on any atom is -0.302 e. The molecule has 0 bridgehead atoms. The Balaban J connectivity index is 1.70. The van der Waals surface area contributed by atoms with Gasteiger partial charge in [-0.3, -0.25) is 4.90 Å². The van der Waals surface area contributed by atoms with Gasteiger partial charge in [0.05, 0.1) is 11.4 Å². The largest absolute Gasteiger partial charge is 0.302 e. The number of aromatic nitrogens is 2. The first-order valence-corrected chi connectivity index (χ1v) is 9.03. The molecule has 2 aromatic heterocycles. The molecule has 0 aliphatic heterocycles. The zero-order chi connectivity index (χ0) is 17.9. The molecule has 4 aromatic rings. The highest BCUT2D eigenvalue weighted by Gasteiger charge is 2.15. The van der Waals surface area contributed by atoms with Crippen molar-refractivity contribution in [1.29, 1.82) is 0 Å².